The van der Waals surface area contributed by atoms with Crippen molar-refractivity contribution in [3.8, 4) is 0 Å². The van der Waals surface area contributed by atoms with Crippen molar-refractivity contribution in [3.05, 3.63) is 46.3 Å². The molecule has 1 aromatic heterocycles. The second kappa shape index (κ2) is 5.71. The second-order valence-corrected chi connectivity index (χ2v) is 6.31. The molecule has 0 amide bonds. The molecule has 0 N–H and O–H groups in total. The van der Waals surface area contributed by atoms with Crippen molar-refractivity contribution in [2.45, 2.75) is 0 Å². The molecule has 20 heavy (non-hydrogen) atoms. The van der Waals surface area contributed by atoms with Gasteiger partial charge < -0.3 is 13.5 Å². The number of carbonyl (C=O) groups excluding carboxylic acids is 1. The quantitative estimate of drug-likeness (QED) is 0.479. The van der Waals surface area contributed by atoms with Crippen LogP contribution in [0.2, 0.25) is 0 Å². The molecule has 0 radical (unpaired) electrons. The molecule has 0 aliphatic carbocycles. The first-order chi connectivity index (χ1) is 9.49. The fourth-order valence-electron chi connectivity index (χ4n) is 1.72. The van der Waals surface area contributed by atoms with Gasteiger partial charge in [0.25, 0.3) is 0 Å². The summed E-state index contributed by atoms with van der Waals surface area (Å²) in [6, 6.07) is 8.23. The Bertz CT molecular complexity index is 740. The Morgan fingerprint density at radius 3 is 2.55 bits per heavy atom. The average Bonchev–Trinajstić information content (AvgIpc) is 2.46. The van der Waals surface area contributed by atoms with Gasteiger partial charge in [0.15, 0.2) is 5.78 Å². The number of hydrogen-bond acceptors (Lipinski definition) is 6. The summed E-state index contributed by atoms with van der Waals surface area (Å²) < 4.78 is 26.3. The lowest BCUT2D eigenvalue weighted by Crippen LogP contribution is -2.17. The van der Waals surface area contributed by atoms with E-state index in [1.807, 2.05) is 0 Å². The Hall–Kier alpha value is -1.75. The zero-order valence-corrected chi connectivity index (χ0v) is 11.9. The summed E-state index contributed by atoms with van der Waals surface area (Å²) in [6.07, 6.45) is -0.511. The Labute approximate surface area is 114 Å². The third-order valence-corrected chi connectivity index (χ3v) is 4.62. The van der Waals surface area contributed by atoms with Crippen LogP contribution in [0.1, 0.15) is 10.4 Å². The van der Waals surface area contributed by atoms with Crippen molar-refractivity contribution in [2.75, 3.05) is 20.4 Å². The largest absolute Gasteiger partial charge is 0.422 e. The minimum atomic E-state index is -3.51. The lowest BCUT2D eigenvalue weighted by Gasteiger charge is -2.12. The van der Waals surface area contributed by atoms with Crippen LogP contribution < -0.4 is 5.63 Å². The second-order valence-electron chi connectivity index (χ2n) is 4.04. The molecule has 2 rings (SSSR count). The fourth-order valence-corrected chi connectivity index (χ4v) is 2.65. The zero-order valence-electron chi connectivity index (χ0n) is 11.0. The van der Waals surface area contributed by atoms with Crippen molar-refractivity contribution >= 4 is 24.3 Å². The molecular weight excluding hydrogens is 283 g/mol. The van der Waals surface area contributed by atoms with Crippen LogP contribution in [0.3, 0.4) is 0 Å². The number of carbonyl (C=O) groups is 1. The molecule has 0 saturated carbocycles. The minimum absolute atomic E-state index is 0.168. The SMILES string of the molecule is COP(=O)(CC(=O)c1cc2ccccc2oc1=O)OC. The van der Waals surface area contributed by atoms with Crippen LogP contribution in [0, 0.1) is 0 Å². The molecular formula is C13H13O6P. The monoisotopic (exact) mass is 296 g/mol. The van der Waals surface area contributed by atoms with Gasteiger partial charge in [-0.15, -0.1) is 0 Å². The number of Topliss-reactive ketones (excluding diaryl/α,β-unsaturated/α-hetero) is 1. The fraction of sp³-hybridized carbons (Fsp3) is 0.231. The van der Waals surface area contributed by atoms with E-state index in [2.05, 4.69) is 9.05 Å². The van der Waals surface area contributed by atoms with Crippen molar-refractivity contribution in [2.24, 2.45) is 0 Å². The van der Waals surface area contributed by atoms with Gasteiger partial charge in [-0.3, -0.25) is 9.36 Å². The molecule has 0 unspecified atom stereocenters. The smallest absolute Gasteiger partial charge is 0.347 e. The van der Waals surface area contributed by atoms with Gasteiger partial charge in [-0.05, 0) is 12.1 Å². The van der Waals surface area contributed by atoms with Crippen molar-refractivity contribution in [1.29, 1.82) is 0 Å². The predicted molar refractivity (Wildman–Crippen MR) is 73.3 cm³/mol. The maximum atomic E-state index is 12.1. The molecule has 7 heteroatoms. The molecule has 1 aromatic carbocycles. The molecule has 0 atom stereocenters. The zero-order chi connectivity index (χ0) is 14.8. The van der Waals surface area contributed by atoms with Crippen LogP contribution in [-0.4, -0.2) is 26.2 Å². The standard InChI is InChI=1S/C13H13O6P/c1-17-20(16,18-2)8-11(14)10-7-9-5-3-4-6-12(9)19-13(10)15/h3-7H,8H2,1-2H3. The summed E-state index contributed by atoms with van der Waals surface area (Å²) >= 11 is 0. The average molecular weight is 296 g/mol. The van der Waals surface area contributed by atoms with E-state index in [0.29, 0.717) is 11.0 Å². The van der Waals surface area contributed by atoms with Gasteiger partial charge in [0, 0.05) is 19.6 Å². The number of rotatable bonds is 5. The van der Waals surface area contributed by atoms with Gasteiger partial charge in [-0.25, -0.2) is 4.79 Å². The Morgan fingerprint density at radius 2 is 1.90 bits per heavy atom. The number of benzene rings is 1. The van der Waals surface area contributed by atoms with E-state index in [4.69, 9.17) is 4.42 Å². The Balaban J connectivity index is 2.42. The molecule has 0 spiro atoms. The maximum absolute atomic E-state index is 12.1. The number of para-hydroxylation sites is 1. The highest BCUT2D eigenvalue weighted by atomic mass is 31.2. The van der Waals surface area contributed by atoms with Crippen molar-refractivity contribution in [3.63, 3.8) is 0 Å². The highest BCUT2D eigenvalue weighted by Gasteiger charge is 2.28. The van der Waals surface area contributed by atoms with E-state index >= 15 is 0 Å². The van der Waals surface area contributed by atoms with Crippen LogP contribution in [0.15, 0.2) is 39.5 Å². The first-order valence-corrected chi connectivity index (χ1v) is 7.48. The van der Waals surface area contributed by atoms with Crippen LogP contribution >= 0.6 is 7.60 Å². The molecule has 1 heterocycles. The topological polar surface area (TPSA) is 82.8 Å². The van der Waals surface area contributed by atoms with Crippen LogP contribution in [0.4, 0.5) is 0 Å². The van der Waals surface area contributed by atoms with Gasteiger partial charge in [0.05, 0.1) is 0 Å². The Kier molecular flexibility index (Phi) is 4.18. The van der Waals surface area contributed by atoms with E-state index in [0.717, 1.165) is 0 Å². The van der Waals surface area contributed by atoms with E-state index < -0.39 is 25.2 Å². The van der Waals surface area contributed by atoms with E-state index in [9.17, 15) is 14.2 Å². The summed E-state index contributed by atoms with van der Waals surface area (Å²) in [5.74, 6) is -0.642. The van der Waals surface area contributed by atoms with Gasteiger partial charge in [-0.2, -0.15) is 0 Å². The lowest BCUT2D eigenvalue weighted by atomic mass is 10.1. The number of ketones is 1. The molecule has 0 saturated heterocycles. The number of fused-ring (bicyclic) bond motifs is 1. The van der Waals surface area contributed by atoms with Crippen LogP contribution in [-0.2, 0) is 13.6 Å². The minimum Gasteiger partial charge on any atom is -0.422 e. The molecule has 0 aliphatic rings. The third-order valence-electron chi connectivity index (χ3n) is 2.84. The van der Waals surface area contributed by atoms with Gasteiger partial charge in [0.2, 0.25) is 0 Å². The Morgan fingerprint density at radius 1 is 1.25 bits per heavy atom. The summed E-state index contributed by atoms with van der Waals surface area (Å²) in [6.45, 7) is 0. The highest BCUT2D eigenvalue weighted by molar-refractivity contribution is 7.54. The van der Waals surface area contributed by atoms with Gasteiger partial charge in [0.1, 0.15) is 17.3 Å². The number of hydrogen-bond donors (Lipinski definition) is 0. The highest BCUT2D eigenvalue weighted by Crippen LogP contribution is 2.46. The first kappa shape index (κ1) is 14.7. The molecule has 0 fully saturated rings. The molecule has 106 valence electrons. The van der Waals surface area contributed by atoms with E-state index in [1.54, 1.807) is 24.3 Å². The van der Waals surface area contributed by atoms with E-state index in [1.165, 1.54) is 20.3 Å². The normalized spacial score (nSPS) is 11.7. The van der Waals surface area contributed by atoms with Gasteiger partial charge >= 0.3 is 13.2 Å². The van der Waals surface area contributed by atoms with Crippen molar-refractivity contribution < 1.29 is 22.8 Å². The summed E-state index contributed by atoms with van der Waals surface area (Å²) in [5.41, 5.74) is -0.554. The van der Waals surface area contributed by atoms with Crippen LogP contribution in [0.5, 0.6) is 0 Å². The summed E-state index contributed by atoms with van der Waals surface area (Å²) in [5, 5.41) is 0.611. The molecule has 0 aliphatic heterocycles. The van der Waals surface area contributed by atoms with Gasteiger partial charge in [-0.1, -0.05) is 18.2 Å². The first-order valence-electron chi connectivity index (χ1n) is 5.76. The van der Waals surface area contributed by atoms with Crippen molar-refractivity contribution in [1.82, 2.24) is 0 Å². The van der Waals surface area contributed by atoms with E-state index in [-0.39, 0.29) is 5.56 Å². The molecule has 2 aromatic rings. The predicted octanol–water partition coefficient (Wildman–Crippen LogP) is 2.46. The lowest BCUT2D eigenvalue weighted by molar-refractivity contribution is 0.100. The summed E-state index contributed by atoms with van der Waals surface area (Å²) in [7, 11) is -1.15. The summed E-state index contributed by atoms with van der Waals surface area (Å²) in [4.78, 5) is 23.8. The molecule has 0 bridgehead atoms. The molecule has 6 nitrogen and oxygen atoms in total. The van der Waals surface area contributed by atoms with Crippen LogP contribution in [0.25, 0.3) is 11.0 Å². The maximum Gasteiger partial charge on any atom is 0.347 e. The third kappa shape index (κ3) is 2.88.